The van der Waals surface area contributed by atoms with Crippen LogP contribution in [-0.2, 0) is 4.79 Å². The molecular formula is C17H16BrNO4. The normalized spacial score (nSPS) is 13.5. The summed E-state index contributed by atoms with van der Waals surface area (Å²) in [6.45, 7) is 2.11. The molecular weight excluding hydrogens is 362 g/mol. The highest BCUT2D eigenvalue weighted by Gasteiger charge is 2.21. The number of nitrogens with one attached hydrogen (secondary N) is 1. The molecule has 2 aromatic carbocycles. The van der Waals surface area contributed by atoms with E-state index in [1.165, 1.54) is 0 Å². The molecule has 0 aliphatic carbocycles. The van der Waals surface area contributed by atoms with Gasteiger partial charge in [0.25, 0.3) is 5.91 Å². The van der Waals surface area contributed by atoms with Crippen LogP contribution in [0.3, 0.4) is 0 Å². The molecule has 120 valence electrons. The van der Waals surface area contributed by atoms with Crippen molar-refractivity contribution >= 4 is 27.5 Å². The van der Waals surface area contributed by atoms with Crippen molar-refractivity contribution < 1.29 is 19.0 Å². The van der Waals surface area contributed by atoms with Gasteiger partial charge in [-0.05, 0) is 46.6 Å². The largest absolute Gasteiger partial charge is 0.480 e. The number of carbonyl (C=O) groups excluding carboxylic acids is 1. The molecule has 0 spiro atoms. The first-order valence-corrected chi connectivity index (χ1v) is 8.08. The Morgan fingerprint density at radius 3 is 2.83 bits per heavy atom. The summed E-state index contributed by atoms with van der Waals surface area (Å²) in [5.74, 6) is 1.69. The number of anilines is 1. The predicted octanol–water partition coefficient (Wildman–Crippen LogP) is 3.97. The Hall–Kier alpha value is -2.21. The Morgan fingerprint density at radius 1 is 1.26 bits per heavy atom. The molecule has 1 N–H and O–H groups in total. The minimum Gasteiger partial charge on any atom is -0.480 e. The Bertz CT molecular complexity index is 719. The summed E-state index contributed by atoms with van der Waals surface area (Å²) >= 11 is 3.41. The molecule has 6 heteroatoms. The van der Waals surface area contributed by atoms with E-state index in [1.54, 1.807) is 18.2 Å². The summed E-state index contributed by atoms with van der Waals surface area (Å²) in [7, 11) is 0. The van der Waals surface area contributed by atoms with Gasteiger partial charge in [-0.15, -0.1) is 0 Å². The van der Waals surface area contributed by atoms with Crippen LogP contribution >= 0.6 is 15.9 Å². The van der Waals surface area contributed by atoms with Crippen LogP contribution in [0.2, 0.25) is 0 Å². The molecule has 5 nitrogen and oxygen atoms in total. The van der Waals surface area contributed by atoms with Crippen molar-refractivity contribution in [2.45, 2.75) is 19.4 Å². The minimum absolute atomic E-state index is 0.197. The van der Waals surface area contributed by atoms with Crippen molar-refractivity contribution in [2.24, 2.45) is 0 Å². The number of ether oxygens (including phenoxy) is 3. The molecule has 3 rings (SSSR count). The van der Waals surface area contributed by atoms with E-state index in [0.29, 0.717) is 29.4 Å². The number of fused-ring (bicyclic) bond motifs is 1. The van der Waals surface area contributed by atoms with Crippen molar-refractivity contribution in [1.82, 2.24) is 0 Å². The molecule has 1 atom stereocenters. The summed E-state index contributed by atoms with van der Waals surface area (Å²) in [6, 6.07) is 12.7. The molecule has 1 unspecified atom stereocenters. The summed E-state index contributed by atoms with van der Waals surface area (Å²) < 4.78 is 17.2. The average molecular weight is 378 g/mol. The summed E-state index contributed by atoms with van der Waals surface area (Å²) in [6.07, 6.45) is -0.0486. The molecule has 0 aromatic heterocycles. The van der Waals surface area contributed by atoms with E-state index in [4.69, 9.17) is 14.2 Å². The highest BCUT2D eigenvalue weighted by molar-refractivity contribution is 9.10. The SMILES string of the molecule is CCC(Oc1ccc2c(c1)OCO2)C(=O)Nc1ccccc1Br. The fraction of sp³-hybridized carbons (Fsp3) is 0.235. The molecule has 0 bridgehead atoms. The molecule has 0 saturated heterocycles. The number of amides is 1. The first kappa shape index (κ1) is 15.7. The molecule has 23 heavy (non-hydrogen) atoms. The lowest BCUT2D eigenvalue weighted by molar-refractivity contribution is -0.122. The van der Waals surface area contributed by atoms with Gasteiger partial charge in [0.05, 0.1) is 5.69 Å². The van der Waals surface area contributed by atoms with Crippen LogP contribution in [0.4, 0.5) is 5.69 Å². The van der Waals surface area contributed by atoms with Crippen LogP contribution in [0.15, 0.2) is 46.9 Å². The van der Waals surface area contributed by atoms with Gasteiger partial charge < -0.3 is 19.5 Å². The standard InChI is InChI=1S/C17H16BrNO4/c1-2-14(17(20)19-13-6-4-3-5-12(13)18)23-11-7-8-15-16(9-11)22-10-21-15/h3-9,14H,2,10H2,1H3,(H,19,20). The lowest BCUT2D eigenvalue weighted by atomic mass is 10.2. The Balaban J connectivity index is 1.70. The summed E-state index contributed by atoms with van der Waals surface area (Å²) in [4.78, 5) is 12.4. The van der Waals surface area contributed by atoms with Crippen LogP contribution in [0.1, 0.15) is 13.3 Å². The zero-order valence-electron chi connectivity index (χ0n) is 12.5. The molecule has 1 aliphatic rings. The summed E-state index contributed by atoms with van der Waals surface area (Å²) in [5, 5.41) is 2.87. The van der Waals surface area contributed by atoms with E-state index in [2.05, 4.69) is 21.2 Å². The van der Waals surface area contributed by atoms with Gasteiger partial charge in [-0.3, -0.25) is 4.79 Å². The van der Waals surface area contributed by atoms with E-state index in [1.807, 2.05) is 31.2 Å². The number of hydrogen-bond donors (Lipinski definition) is 1. The lowest BCUT2D eigenvalue weighted by Gasteiger charge is -2.18. The van der Waals surface area contributed by atoms with Crippen LogP contribution in [0.25, 0.3) is 0 Å². The van der Waals surface area contributed by atoms with Gasteiger partial charge in [0.2, 0.25) is 6.79 Å². The molecule has 1 amide bonds. The molecule has 0 fully saturated rings. The quantitative estimate of drug-likeness (QED) is 0.856. The number of rotatable bonds is 5. The van der Waals surface area contributed by atoms with E-state index in [-0.39, 0.29) is 12.7 Å². The van der Waals surface area contributed by atoms with Gasteiger partial charge in [0.1, 0.15) is 5.75 Å². The number of halogens is 1. The number of hydrogen-bond acceptors (Lipinski definition) is 4. The maximum Gasteiger partial charge on any atom is 0.265 e. The maximum atomic E-state index is 12.4. The van der Waals surface area contributed by atoms with E-state index in [0.717, 1.165) is 4.47 Å². The van der Waals surface area contributed by atoms with E-state index in [9.17, 15) is 4.79 Å². The zero-order chi connectivity index (χ0) is 16.2. The summed E-state index contributed by atoms with van der Waals surface area (Å²) in [5.41, 5.74) is 0.713. The van der Waals surface area contributed by atoms with Crippen LogP contribution in [0.5, 0.6) is 17.2 Å². The third-order valence-electron chi connectivity index (χ3n) is 3.42. The molecule has 1 aliphatic heterocycles. The number of benzene rings is 2. The van der Waals surface area contributed by atoms with Gasteiger partial charge in [-0.2, -0.15) is 0 Å². The third-order valence-corrected chi connectivity index (χ3v) is 4.11. The van der Waals surface area contributed by atoms with E-state index < -0.39 is 6.10 Å². The van der Waals surface area contributed by atoms with Crippen molar-refractivity contribution in [3.63, 3.8) is 0 Å². The van der Waals surface area contributed by atoms with Crippen LogP contribution < -0.4 is 19.5 Å². The topological polar surface area (TPSA) is 56.8 Å². The van der Waals surface area contributed by atoms with Gasteiger partial charge >= 0.3 is 0 Å². The minimum atomic E-state index is -0.595. The average Bonchev–Trinajstić information content (AvgIpc) is 3.02. The van der Waals surface area contributed by atoms with Gasteiger partial charge in [-0.1, -0.05) is 19.1 Å². The fourth-order valence-electron chi connectivity index (χ4n) is 2.21. The zero-order valence-corrected chi connectivity index (χ0v) is 14.1. The predicted molar refractivity (Wildman–Crippen MR) is 90.0 cm³/mol. The Kier molecular flexibility index (Phi) is 4.71. The molecule has 0 saturated carbocycles. The molecule has 2 aromatic rings. The van der Waals surface area contributed by atoms with Crippen molar-refractivity contribution in [1.29, 1.82) is 0 Å². The van der Waals surface area contributed by atoms with Crippen LogP contribution in [0, 0.1) is 0 Å². The highest BCUT2D eigenvalue weighted by atomic mass is 79.9. The Labute approximate surface area is 142 Å². The smallest absolute Gasteiger partial charge is 0.265 e. The van der Waals surface area contributed by atoms with Crippen molar-refractivity contribution in [3.8, 4) is 17.2 Å². The lowest BCUT2D eigenvalue weighted by Crippen LogP contribution is -2.32. The number of carbonyl (C=O) groups is 1. The first-order chi connectivity index (χ1) is 11.2. The van der Waals surface area contributed by atoms with Crippen molar-refractivity contribution in [3.05, 3.63) is 46.9 Å². The molecule has 1 heterocycles. The highest BCUT2D eigenvalue weighted by Crippen LogP contribution is 2.35. The van der Waals surface area contributed by atoms with Gasteiger partial charge in [-0.25, -0.2) is 0 Å². The molecule has 0 radical (unpaired) electrons. The second-order valence-electron chi connectivity index (χ2n) is 5.00. The third kappa shape index (κ3) is 3.59. The second kappa shape index (κ2) is 6.91. The van der Waals surface area contributed by atoms with E-state index >= 15 is 0 Å². The van der Waals surface area contributed by atoms with Gasteiger partial charge in [0, 0.05) is 10.5 Å². The number of para-hydroxylation sites is 1. The second-order valence-corrected chi connectivity index (χ2v) is 5.85. The van der Waals surface area contributed by atoms with Crippen LogP contribution in [-0.4, -0.2) is 18.8 Å². The maximum absolute atomic E-state index is 12.4. The van der Waals surface area contributed by atoms with Crippen molar-refractivity contribution in [2.75, 3.05) is 12.1 Å². The Morgan fingerprint density at radius 2 is 2.04 bits per heavy atom. The fourth-order valence-corrected chi connectivity index (χ4v) is 2.60. The van der Waals surface area contributed by atoms with Gasteiger partial charge in [0.15, 0.2) is 17.6 Å². The monoisotopic (exact) mass is 377 g/mol. The first-order valence-electron chi connectivity index (χ1n) is 7.29.